The molecule has 2 atom stereocenters. The highest BCUT2D eigenvalue weighted by Gasteiger charge is 2.32. The zero-order valence-corrected chi connectivity index (χ0v) is 16.4. The molecule has 0 radical (unpaired) electrons. The average molecular weight is 367 g/mol. The fraction of sp³-hybridized carbons (Fsp3) is 0.435. The van der Waals surface area contributed by atoms with Crippen LogP contribution in [0.15, 0.2) is 60.7 Å². The second-order valence-electron chi connectivity index (χ2n) is 7.30. The molecule has 2 aromatic rings. The highest BCUT2D eigenvalue weighted by molar-refractivity contribution is 5.68. The van der Waals surface area contributed by atoms with Gasteiger partial charge in [-0.25, -0.2) is 4.79 Å². The first-order valence-electron chi connectivity index (χ1n) is 9.92. The maximum Gasteiger partial charge on any atom is 0.409 e. The van der Waals surface area contributed by atoms with E-state index in [0.717, 1.165) is 32.5 Å². The second kappa shape index (κ2) is 9.56. The van der Waals surface area contributed by atoms with Crippen molar-refractivity contribution in [2.75, 3.05) is 13.2 Å². The molecule has 4 nitrogen and oxygen atoms in total. The van der Waals surface area contributed by atoms with Crippen LogP contribution >= 0.6 is 0 Å². The van der Waals surface area contributed by atoms with E-state index in [1.165, 1.54) is 11.1 Å². The number of benzene rings is 2. The Morgan fingerprint density at radius 3 is 2.07 bits per heavy atom. The predicted molar refractivity (Wildman–Crippen MR) is 108 cm³/mol. The Kier molecular flexibility index (Phi) is 6.88. The van der Waals surface area contributed by atoms with Crippen molar-refractivity contribution in [3.05, 3.63) is 71.8 Å². The quantitative estimate of drug-likeness (QED) is 0.743. The summed E-state index contributed by atoms with van der Waals surface area (Å²) >= 11 is 0. The molecule has 0 aliphatic carbocycles. The van der Waals surface area contributed by atoms with Gasteiger partial charge in [0.05, 0.1) is 6.61 Å². The lowest BCUT2D eigenvalue weighted by molar-refractivity contribution is 0.0457. The van der Waals surface area contributed by atoms with Crippen molar-refractivity contribution in [3.63, 3.8) is 0 Å². The van der Waals surface area contributed by atoms with E-state index < -0.39 is 0 Å². The standard InChI is InChI=1S/C23H30N2O2/c1-3-27-23(26)25-15-14-22(16-19(25)2)24(17-20-10-6-4-7-11-20)18-21-12-8-5-9-13-21/h4-13,19,22H,3,14-18H2,1-2H3. The number of hydrogen-bond donors (Lipinski definition) is 0. The minimum absolute atomic E-state index is 0.180. The molecule has 144 valence electrons. The lowest BCUT2D eigenvalue weighted by atomic mass is 9.96. The first kappa shape index (κ1) is 19.4. The lowest BCUT2D eigenvalue weighted by Crippen LogP contribution is -2.50. The number of carbonyl (C=O) groups excluding carboxylic acids is 1. The van der Waals surface area contributed by atoms with Gasteiger partial charge in [0.25, 0.3) is 0 Å². The van der Waals surface area contributed by atoms with Gasteiger partial charge in [0, 0.05) is 31.7 Å². The van der Waals surface area contributed by atoms with Gasteiger partial charge in [0.15, 0.2) is 0 Å². The van der Waals surface area contributed by atoms with E-state index in [-0.39, 0.29) is 12.1 Å². The smallest absolute Gasteiger partial charge is 0.409 e. The molecule has 1 amide bonds. The van der Waals surface area contributed by atoms with Crippen LogP contribution in [-0.2, 0) is 17.8 Å². The molecule has 0 saturated carbocycles. The zero-order chi connectivity index (χ0) is 19.1. The van der Waals surface area contributed by atoms with Crippen LogP contribution in [0.3, 0.4) is 0 Å². The molecule has 1 saturated heterocycles. The molecule has 2 unspecified atom stereocenters. The normalized spacial score (nSPS) is 19.9. The summed E-state index contributed by atoms with van der Waals surface area (Å²) in [4.78, 5) is 16.6. The summed E-state index contributed by atoms with van der Waals surface area (Å²) in [5.41, 5.74) is 2.66. The van der Waals surface area contributed by atoms with Crippen molar-refractivity contribution in [1.29, 1.82) is 0 Å². The van der Waals surface area contributed by atoms with E-state index in [9.17, 15) is 4.79 Å². The average Bonchev–Trinajstić information content (AvgIpc) is 2.69. The number of rotatable bonds is 6. The summed E-state index contributed by atoms with van der Waals surface area (Å²) in [6, 6.07) is 21.9. The molecule has 4 heteroatoms. The van der Waals surface area contributed by atoms with Crippen LogP contribution < -0.4 is 0 Å². The summed E-state index contributed by atoms with van der Waals surface area (Å²) in [6.45, 7) is 7.02. The minimum Gasteiger partial charge on any atom is -0.450 e. The van der Waals surface area contributed by atoms with Gasteiger partial charge in [-0.2, -0.15) is 0 Å². The van der Waals surface area contributed by atoms with Crippen LogP contribution in [0.2, 0.25) is 0 Å². The van der Waals surface area contributed by atoms with E-state index in [1.54, 1.807) is 0 Å². The summed E-state index contributed by atoms with van der Waals surface area (Å²) < 4.78 is 5.21. The molecule has 27 heavy (non-hydrogen) atoms. The SMILES string of the molecule is CCOC(=O)N1CCC(N(Cc2ccccc2)Cc2ccccc2)CC1C. The Hall–Kier alpha value is -2.33. The fourth-order valence-electron chi connectivity index (χ4n) is 3.91. The molecule has 0 N–H and O–H groups in total. The van der Waals surface area contributed by atoms with Gasteiger partial charge in [-0.3, -0.25) is 4.90 Å². The van der Waals surface area contributed by atoms with Crippen molar-refractivity contribution in [3.8, 4) is 0 Å². The fourth-order valence-corrected chi connectivity index (χ4v) is 3.91. The van der Waals surface area contributed by atoms with Crippen molar-refractivity contribution >= 4 is 6.09 Å². The number of likely N-dealkylation sites (tertiary alicyclic amines) is 1. The number of hydrogen-bond acceptors (Lipinski definition) is 3. The Morgan fingerprint density at radius 1 is 1.04 bits per heavy atom. The van der Waals surface area contributed by atoms with Gasteiger partial charge >= 0.3 is 6.09 Å². The van der Waals surface area contributed by atoms with E-state index in [2.05, 4.69) is 72.5 Å². The third kappa shape index (κ3) is 5.33. The van der Waals surface area contributed by atoms with Crippen LogP contribution in [0.1, 0.15) is 37.8 Å². The molecule has 0 aromatic heterocycles. The van der Waals surface area contributed by atoms with Crippen LogP contribution in [-0.4, -0.2) is 41.1 Å². The molecular formula is C23H30N2O2. The first-order valence-corrected chi connectivity index (χ1v) is 9.92. The summed E-state index contributed by atoms with van der Waals surface area (Å²) in [5, 5.41) is 0. The van der Waals surface area contributed by atoms with Gasteiger partial charge in [0.2, 0.25) is 0 Å². The third-order valence-electron chi connectivity index (χ3n) is 5.32. The summed E-state index contributed by atoms with van der Waals surface area (Å²) in [6.07, 6.45) is 1.77. The van der Waals surface area contributed by atoms with E-state index in [1.807, 2.05) is 11.8 Å². The molecule has 0 bridgehead atoms. The van der Waals surface area contributed by atoms with Gasteiger partial charge < -0.3 is 9.64 Å². The van der Waals surface area contributed by atoms with Crippen molar-refractivity contribution in [1.82, 2.24) is 9.80 Å². The zero-order valence-electron chi connectivity index (χ0n) is 16.4. The molecule has 1 heterocycles. The molecule has 1 aliphatic heterocycles. The molecule has 2 aromatic carbocycles. The van der Waals surface area contributed by atoms with Gasteiger partial charge in [-0.15, -0.1) is 0 Å². The number of nitrogens with zero attached hydrogens (tertiary/aromatic N) is 2. The van der Waals surface area contributed by atoms with E-state index in [0.29, 0.717) is 12.6 Å². The van der Waals surface area contributed by atoms with Gasteiger partial charge in [0.1, 0.15) is 0 Å². The maximum absolute atomic E-state index is 12.2. The first-order chi connectivity index (χ1) is 13.2. The molecular weight excluding hydrogens is 336 g/mol. The van der Waals surface area contributed by atoms with E-state index >= 15 is 0 Å². The van der Waals surface area contributed by atoms with Crippen LogP contribution in [0.4, 0.5) is 4.79 Å². The van der Waals surface area contributed by atoms with Crippen molar-refractivity contribution in [2.45, 2.75) is 51.9 Å². The Morgan fingerprint density at radius 2 is 1.59 bits per heavy atom. The molecule has 0 spiro atoms. The Bertz CT molecular complexity index is 663. The summed E-state index contributed by atoms with van der Waals surface area (Å²) in [7, 11) is 0. The minimum atomic E-state index is -0.180. The number of carbonyl (C=O) groups is 1. The van der Waals surface area contributed by atoms with Crippen LogP contribution in [0, 0.1) is 0 Å². The Labute approximate surface area is 162 Å². The van der Waals surface area contributed by atoms with Crippen molar-refractivity contribution in [2.24, 2.45) is 0 Å². The highest BCUT2D eigenvalue weighted by Crippen LogP contribution is 2.25. The molecule has 1 aliphatic rings. The monoisotopic (exact) mass is 366 g/mol. The predicted octanol–water partition coefficient (Wildman–Crippen LogP) is 4.70. The largest absolute Gasteiger partial charge is 0.450 e. The van der Waals surface area contributed by atoms with Gasteiger partial charge in [-0.1, -0.05) is 60.7 Å². The van der Waals surface area contributed by atoms with Crippen molar-refractivity contribution < 1.29 is 9.53 Å². The highest BCUT2D eigenvalue weighted by atomic mass is 16.6. The number of amides is 1. The lowest BCUT2D eigenvalue weighted by Gasteiger charge is -2.42. The van der Waals surface area contributed by atoms with Crippen LogP contribution in [0.5, 0.6) is 0 Å². The number of ether oxygens (including phenoxy) is 1. The van der Waals surface area contributed by atoms with Gasteiger partial charge in [-0.05, 0) is 37.8 Å². The van der Waals surface area contributed by atoms with E-state index in [4.69, 9.17) is 4.74 Å². The maximum atomic E-state index is 12.2. The molecule has 1 fully saturated rings. The Balaban J connectivity index is 1.71. The topological polar surface area (TPSA) is 32.8 Å². The second-order valence-corrected chi connectivity index (χ2v) is 7.30. The van der Waals surface area contributed by atoms with Crippen LogP contribution in [0.25, 0.3) is 0 Å². The number of piperidine rings is 1. The molecule has 3 rings (SSSR count). The summed E-state index contributed by atoms with van der Waals surface area (Å²) in [5.74, 6) is 0. The third-order valence-corrected chi connectivity index (χ3v) is 5.32.